The Kier molecular flexibility index (Phi) is 8.91. The molecule has 0 atom stereocenters. The minimum atomic E-state index is -3.66. The fourth-order valence-corrected chi connectivity index (χ4v) is 2.66. The topological polar surface area (TPSA) is 67.4 Å². The largest absolute Gasteiger partial charge is 0.383 e. The summed E-state index contributed by atoms with van der Waals surface area (Å²) in [4.78, 5) is -0.0538. The molecule has 1 rings (SSSR count). The Hall–Kier alpha value is -0.730. The highest BCUT2D eigenvalue weighted by Gasteiger charge is 2.14. The molecule has 0 aliphatic rings. The van der Waals surface area contributed by atoms with Crippen LogP contribution in [0.5, 0.6) is 0 Å². The summed E-state index contributed by atoms with van der Waals surface area (Å²) >= 11 is 0. The van der Waals surface area contributed by atoms with Crippen molar-refractivity contribution in [3.8, 4) is 0 Å². The van der Waals surface area contributed by atoms with Gasteiger partial charge < -0.3 is 10.1 Å². The number of ether oxygens (including phenoxy) is 1. The van der Waals surface area contributed by atoms with Gasteiger partial charge in [0.15, 0.2) is 0 Å². The Morgan fingerprint density at radius 3 is 2.50 bits per heavy atom. The monoisotopic (exact) mass is 326 g/mol. The Bertz CT molecular complexity index is 491. The molecular formula is C12H20ClFN2O3S. The van der Waals surface area contributed by atoms with Gasteiger partial charge in [-0.25, -0.2) is 17.5 Å². The van der Waals surface area contributed by atoms with Gasteiger partial charge in [-0.2, -0.15) is 0 Å². The number of halogens is 2. The van der Waals surface area contributed by atoms with Gasteiger partial charge in [-0.05, 0) is 30.7 Å². The normalized spacial score (nSPS) is 11.2. The second kappa shape index (κ2) is 9.25. The first kappa shape index (κ1) is 19.3. The Balaban J connectivity index is 0.00000361. The van der Waals surface area contributed by atoms with Gasteiger partial charge in [0.1, 0.15) is 5.82 Å². The molecule has 0 aliphatic carbocycles. The second-order valence-corrected chi connectivity index (χ2v) is 5.87. The lowest BCUT2D eigenvalue weighted by Gasteiger charge is -2.08. The van der Waals surface area contributed by atoms with Crippen molar-refractivity contribution >= 4 is 22.4 Å². The maximum atomic E-state index is 13.2. The van der Waals surface area contributed by atoms with E-state index in [4.69, 9.17) is 4.74 Å². The predicted octanol–water partition coefficient (Wildman–Crippen LogP) is 1.07. The van der Waals surface area contributed by atoms with E-state index in [-0.39, 0.29) is 23.8 Å². The molecule has 0 aliphatic heterocycles. The molecule has 116 valence electrons. The Morgan fingerprint density at radius 1 is 1.20 bits per heavy atom. The van der Waals surface area contributed by atoms with Crippen molar-refractivity contribution in [3.63, 3.8) is 0 Å². The lowest BCUT2D eigenvalue weighted by molar-refractivity contribution is 0.199. The van der Waals surface area contributed by atoms with Crippen LogP contribution in [0.25, 0.3) is 0 Å². The molecule has 1 aromatic rings. The highest BCUT2D eigenvalue weighted by Crippen LogP contribution is 2.13. The minimum absolute atomic E-state index is 0. The van der Waals surface area contributed by atoms with Crippen LogP contribution in [0.4, 0.5) is 4.39 Å². The minimum Gasteiger partial charge on any atom is -0.383 e. The predicted molar refractivity (Wildman–Crippen MR) is 78.3 cm³/mol. The van der Waals surface area contributed by atoms with E-state index in [2.05, 4.69) is 10.0 Å². The highest BCUT2D eigenvalue weighted by molar-refractivity contribution is 7.89. The summed E-state index contributed by atoms with van der Waals surface area (Å²) in [6, 6.07) is 3.72. The van der Waals surface area contributed by atoms with Crippen molar-refractivity contribution in [2.24, 2.45) is 0 Å². The van der Waals surface area contributed by atoms with E-state index in [9.17, 15) is 12.8 Å². The third-order valence-electron chi connectivity index (χ3n) is 2.40. The van der Waals surface area contributed by atoms with Gasteiger partial charge >= 0.3 is 0 Å². The summed E-state index contributed by atoms with van der Waals surface area (Å²) in [7, 11) is -2.07. The van der Waals surface area contributed by atoms with Crippen LogP contribution in [-0.4, -0.2) is 41.8 Å². The van der Waals surface area contributed by atoms with Crippen LogP contribution < -0.4 is 10.0 Å². The van der Waals surface area contributed by atoms with Crippen LogP contribution in [0, 0.1) is 12.7 Å². The van der Waals surface area contributed by atoms with E-state index in [1.807, 2.05) is 0 Å². The fraction of sp³-hybridized carbons (Fsp3) is 0.500. The molecule has 0 radical (unpaired) electrons. The van der Waals surface area contributed by atoms with Crippen molar-refractivity contribution in [1.29, 1.82) is 0 Å². The van der Waals surface area contributed by atoms with E-state index in [1.165, 1.54) is 12.1 Å². The number of benzene rings is 1. The van der Waals surface area contributed by atoms with Gasteiger partial charge in [0.05, 0.1) is 11.5 Å². The molecule has 1 aromatic carbocycles. The van der Waals surface area contributed by atoms with Crippen molar-refractivity contribution in [2.45, 2.75) is 11.8 Å². The molecule has 0 saturated carbocycles. The van der Waals surface area contributed by atoms with Crippen molar-refractivity contribution < 1.29 is 17.5 Å². The van der Waals surface area contributed by atoms with Crippen LogP contribution in [0.15, 0.2) is 23.1 Å². The van der Waals surface area contributed by atoms with Crippen molar-refractivity contribution in [3.05, 3.63) is 29.6 Å². The highest BCUT2D eigenvalue weighted by atomic mass is 35.5. The quantitative estimate of drug-likeness (QED) is 0.701. The van der Waals surface area contributed by atoms with E-state index >= 15 is 0 Å². The number of aryl methyl sites for hydroxylation is 1. The van der Waals surface area contributed by atoms with Gasteiger partial charge in [-0.1, -0.05) is 0 Å². The first-order valence-electron chi connectivity index (χ1n) is 5.92. The summed E-state index contributed by atoms with van der Waals surface area (Å²) < 4.78 is 44.2. The third-order valence-corrected chi connectivity index (χ3v) is 3.84. The molecule has 5 nitrogen and oxygen atoms in total. The SMILES string of the molecule is COCCNCCNS(=O)(=O)c1cc(C)cc(F)c1.Cl. The lowest BCUT2D eigenvalue weighted by Crippen LogP contribution is -2.33. The zero-order valence-electron chi connectivity index (χ0n) is 11.5. The van der Waals surface area contributed by atoms with E-state index in [0.717, 1.165) is 6.07 Å². The van der Waals surface area contributed by atoms with Crippen LogP contribution in [0.3, 0.4) is 0 Å². The third kappa shape index (κ3) is 6.62. The van der Waals surface area contributed by atoms with Crippen molar-refractivity contribution in [2.75, 3.05) is 33.4 Å². The maximum absolute atomic E-state index is 13.2. The summed E-state index contributed by atoms with van der Waals surface area (Å²) in [5.41, 5.74) is 0.568. The molecule has 0 spiro atoms. The van der Waals surface area contributed by atoms with Crippen LogP contribution in [0.1, 0.15) is 5.56 Å². The summed E-state index contributed by atoms with van der Waals surface area (Å²) in [6.45, 7) is 3.58. The molecule has 0 saturated heterocycles. The van der Waals surface area contributed by atoms with Crippen LogP contribution >= 0.6 is 12.4 Å². The number of rotatable bonds is 8. The number of sulfonamides is 1. The molecule has 8 heteroatoms. The van der Waals surface area contributed by atoms with Crippen molar-refractivity contribution in [1.82, 2.24) is 10.0 Å². The smallest absolute Gasteiger partial charge is 0.240 e. The van der Waals surface area contributed by atoms with Crippen LogP contribution in [0.2, 0.25) is 0 Å². The number of hydrogen-bond acceptors (Lipinski definition) is 4. The van der Waals surface area contributed by atoms with Gasteiger partial charge in [-0.15, -0.1) is 12.4 Å². The average Bonchev–Trinajstić information content (AvgIpc) is 2.32. The molecule has 0 fully saturated rings. The van der Waals surface area contributed by atoms with Gasteiger partial charge in [0.2, 0.25) is 10.0 Å². The Labute approximate surface area is 125 Å². The lowest BCUT2D eigenvalue weighted by atomic mass is 10.2. The van der Waals surface area contributed by atoms with Crippen LogP contribution in [-0.2, 0) is 14.8 Å². The first-order chi connectivity index (χ1) is 8.95. The maximum Gasteiger partial charge on any atom is 0.240 e. The van der Waals surface area contributed by atoms with E-state index in [1.54, 1.807) is 14.0 Å². The summed E-state index contributed by atoms with van der Waals surface area (Å²) in [5.74, 6) is -0.557. The zero-order valence-corrected chi connectivity index (χ0v) is 13.1. The van der Waals surface area contributed by atoms with E-state index < -0.39 is 15.8 Å². The molecule has 0 unspecified atom stereocenters. The average molecular weight is 327 g/mol. The van der Waals surface area contributed by atoms with Gasteiger partial charge in [0, 0.05) is 26.7 Å². The molecule has 2 N–H and O–H groups in total. The zero-order chi connectivity index (χ0) is 14.3. The summed E-state index contributed by atoms with van der Waals surface area (Å²) in [6.07, 6.45) is 0. The molecule has 0 bridgehead atoms. The van der Waals surface area contributed by atoms with Gasteiger partial charge in [0.25, 0.3) is 0 Å². The van der Waals surface area contributed by atoms with Gasteiger partial charge in [-0.3, -0.25) is 0 Å². The second-order valence-electron chi connectivity index (χ2n) is 4.10. The molecule has 0 amide bonds. The molecule has 0 heterocycles. The number of hydrogen-bond donors (Lipinski definition) is 2. The van der Waals surface area contributed by atoms with E-state index in [0.29, 0.717) is 25.3 Å². The summed E-state index contributed by atoms with van der Waals surface area (Å²) in [5, 5.41) is 3.01. The first-order valence-corrected chi connectivity index (χ1v) is 7.40. The standard InChI is InChI=1S/C12H19FN2O3S.ClH/c1-10-7-11(13)9-12(8-10)19(16,17)15-4-3-14-5-6-18-2;/h7-9,14-15H,3-6H2,1-2H3;1H. The number of methoxy groups -OCH3 is 1. The number of nitrogens with one attached hydrogen (secondary N) is 2. The molecule has 20 heavy (non-hydrogen) atoms. The molecular weight excluding hydrogens is 307 g/mol. The fourth-order valence-electron chi connectivity index (χ4n) is 1.51. The Morgan fingerprint density at radius 2 is 1.90 bits per heavy atom. The molecule has 0 aromatic heterocycles.